The number of hydrogen-bond donors (Lipinski definition) is 1. The first-order valence-electron chi connectivity index (χ1n) is 8.21. The van der Waals surface area contributed by atoms with Gasteiger partial charge in [-0.05, 0) is 36.6 Å². The van der Waals surface area contributed by atoms with Crippen molar-refractivity contribution in [3.05, 3.63) is 59.5 Å². The average Bonchev–Trinajstić information content (AvgIpc) is 3.19. The van der Waals surface area contributed by atoms with Crippen molar-refractivity contribution < 1.29 is 9.21 Å². The highest BCUT2D eigenvalue weighted by Crippen LogP contribution is 2.27. The highest BCUT2D eigenvalue weighted by molar-refractivity contribution is 5.94. The highest BCUT2D eigenvalue weighted by Gasteiger charge is 2.23. The summed E-state index contributed by atoms with van der Waals surface area (Å²) in [7, 11) is 0. The van der Waals surface area contributed by atoms with Gasteiger partial charge in [0.25, 0.3) is 0 Å². The van der Waals surface area contributed by atoms with Crippen molar-refractivity contribution >= 4 is 22.8 Å². The molecule has 0 atom stereocenters. The fourth-order valence-corrected chi connectivity index (χ4v) is 3.16. The number of aromatic nitrogens is 1. The van der Waals surface area contributed by atoms with Crippen molar-refractivity contribution in [2.45, 2.75) is 19.8 Å². The lowest BCUT2D eigenvalue weighted by Gasteiger charge is -2.17. The fraction of sp³-hybridized carbons (Fsp3) is 0.263. The summed E-state index contributed by atoms with van der Waals surface area (Å²) in [5.41, 5.74) is 5.02. The van der Waals surface area contributed by atoms with Gasteiger partial charge in [0.05, 0.1) is 0 Å². The van der Waals surface area contributed by atoms with E-state index in [2.05, 4.69) is 16.4 Å². The van der Waals surface area contributed by atoms with E-state index in [0.717, 1.165) is 35.3 Å². The molecule has 3 aromatic rings. The molecule has 0 radical (unpaired) electrons. The van der Waals surface area contributed by atoms with Crippen LogP contribution in [0.4, 0.5) is 10.5 Å². The van der Waals surface area contributed by atoms with Gasteiger partial charge in [0, 0.05) is 25.2 Å². The summed E-state index contributed by atoms with van der Waals surface area (Å²) in [6, 6.07) is 13.9. The number of para-hydroxylation sites is 2. The number of nitrogens with zero attached hydrogens (tertiary/aromatic N) is 2. The zero-order valence-electron chi connectivity index (χ0n) is 13.6. The molecule has 0 saturated carbocycles. The number of rotatable bonds is 3. The second-order valence-electron chi connectivity index (χ2n) is 6.04. The van der Waals surface area contributed by atoms with Gasteiger partial charge in [0.2, 0.25) is 0 Å². The number of oxazole rings is 1. The quantitative estimate of drug-likeness (QED) is 0.804. The van der Waals surface area contributed by atoms with Gasteiger partial charge >= 0.3 is 6.03 Å². The molecule has 24 heavy (non-hydrogen) atoms. The molecule has 1 N–H and O–H groups in total. The van der Waals surface area contributed by atoms with Crippen LogP contribution in [0.5, 0.6) is 0 Å². The summed E-state index contributed by atoms with van der Waals surface area (Å²) >= 11 is 0. The molecule has 1 aliphatic heterocycles. The number of hydrogen-bond acceptors (Lipinski definition) is 3. The van der Waals surface area contributed by atoms with Gasteiger partial charge in [-0.3, -0.25) is 4.90 Å². The van der Waals surface area contributed by atoms with E-state index in [1.807, 2.05) is 43.3 Å². The maximum absolute atomic E-state index is 12.4. The Balaban J connectivity index is 1.39. The van der Waals surface area contributed by atoms with Gasteiger partial charge in [0.15, 0.2) is 11.5 Å². The minimum absolute atomic E-state index is 0.0627. The maximum Gasteiger partial charge on any atom is 0.321 e. The number of carbonyl (C=O) groups is 1. The predicted octanol–water partition coefficient (Wildman–Crippen LogP) is 3.45. The first-order valence-corrected chi connectivity index (χ1v) is 8.21. The summed E-state index contributed by atoms with van der Waals surface area (Å²) in [5.74, 6) is 0.654. The molecule has 0 fully saturated rings. The van der Waals surface area contributed by atoms with Crippen LogP contribution in [0.1, 0.15) is 17.0 Å². The van der Waals surface area contributed by atoms with Crippen LogP contribution in [-0.4, -0.2) is 24.1 Å². The lowest BCUT2D eigenvalue weighted by atomic mass is 10.2. The summed E-state index contributed by atoms with van der Waals surface area (Å²) in [6.07, 6.45) is 1.49. The SMILES string of the molecule is Cc1cccc2oc(CCNC(=O)N3CCc4ccccc43)nc12. The number of amides is 2. The standard InChI is InChI=1S/C19H19N3O2/c1-13-5-4-8-16-18(13)21-17(24-16)9-11-20-19(23)22-12-10-14-6-2-3-7-15(14)22/h2-8H,9-12H2,1H3,(H,20,23). The first kappa shape index (κ1) is 14.8. The van der Waals surface area contributed by atoms with E-state index in [4.69, 9.17) is 4.42 Å². The Morgan fingerprint density at radius 1 is 1.25 bits per heavy atom. The lowest BCUT2D eigenvalue weighted by molar-refractivity contribution is 0.246. The van der Waals surface area contributed by atoms with Gasteiger partial charge in [-0.1, -0.05) is 30.3 Å². The molecule has 4 rings (SSSR count). The molecule has 5 heteroatoms. The Kier molecular flexibility index (Phi) is 3.69. The van der Waals surface area contributed by atoms with Crippen LogP contribution in [0.15, 0.2) is 46.9 Å². The summed E-state index contributed by atoms with van der Waals surface area (Å²) < 4.78 is 5.74. The molecule has 0 bridgehead atoms. The Bertz CT molecular complexity index is 901. The van der Waals surface area contributed by atoms with Crippen molar-refractivity contribution in [1.82, 2.24) is 10.3 Å². The maximum atomic E-state index is 12.4. The van der Waals surface area contributed by atoms with Gasteiger partial charge in [0.1, 0.15) is 5.52 Å². The molecular weight excluding hydrogens is 302 g/mol. The van der Waals surface area contributed by atoms with Crippen molar-refractivity contribution in [1.29, 1.82) is 0 Å². The van der Waals surface area contributed by atoms with E-state index in [0.29, 0.717) is 18.9 Å². The number of fused-ring (bicyclic) bond motifs is 2. The lowest BCUT2D eigenvalue weighted by Crippen LogP contribution is -2.39. The Morgan fingerprint density at radius 2 is 2.12 bits per heavy atom. The molecule has 0 saturated heterocycles. The average molecular weight is 321 g/mol. The second-order valence-corrected chi connectivity index (χ2v) is 6.04. The molecule has 0 aliphatic carbocycles. The molecule has 2 aromatic carbocycles. The molecule has 1 aromatic heterocycles. The highest BCUT2D eigenvalue weighted by atomic mass is 16.3. The number of urea groups is 1. The van der Waals surface area contributed by atoms with Crippen molar-refractivity contribution in [3.8, 4) is 0 Å². The molecule has 122 valence electrons. The van der Waals surface area contributed by atoms with Crippen LogP contribution in [0, 0.1) is 6.92 Å². The first-order chi connectivity index (χ1) is 11.7. The fourth-order valence-electron chi connectivity index (χ4n) is 3.16. The Labute approximate surface area is 140 Å². The molecular formula is C19H19N3O2. The molecule has 5 nitrogen and oxygen atoms in total. The zero-order chi connectivity index (χ0) is 16.5. The predicted molar refractivity (Wildman–Crippen MR) is 93.3 cm³/mol. The van der Waals surface area contributed by atoms with E-state index in [1.54, 1.807) is 4.90 Å². The number of anilines is 1. The van der Waals surface area contributed by atoms with Gasteiger partial charge < -0.3 is 9.73 Å². The topological polar surface area (TPSA) is 58.4 Å². The molecule has 2 amide bonds. The van der Waals surface area contributed by atoms with Gasteiger partial charge in [-0.2, -0.15) is 0 Å². The van der Waals surface area contributed by atoms with Crippen LogP contribution in [0.3, 0.4) is 0 Å². The van der Waals surface area contributed by atoms with E-state index >= 15 is 0 Å². The normalized spacial score (nSPS) is 13.3. The van der Waals surface area contributed by atoms with E-state index < -0.39 is 0 Å². The minimum atomic E-state index is -0.0627. The van der Waals surface area contributed by atoms with Crippen molar-refractivity contribution in [2.24, 2.45) is 0 Å². The Hall–Kier alpha value is -2.82. The summed E-state index contributed by atoms with van der Waals surface area (Å²) in [6.45, 7) is 3.25. The van der Waals surface area contributed by atoms with E-state index in [9.17, 15) is 4.79 Å². The summed E-state index contributed by atoms with van der Waals surface area (Å²) in [4.78, 5) is 18.7. The minimum Gasteiger partial charge on any atom is -0.441 e. The largest absolute Gasteiger partial charge is 0.441 e. The van der Waals surface area contributed by atoms with Gasteiger partial charge in [-0.25, -0.2) is 9.78 Å². The number of aryl methyl sites for hydroxylation is 1. The van der Waals surface area contributed by atoms with Crippen LogP contribution >= 0.6 is 0 Å². The number of carbonyl (C=O) groups excluding carboxylic acids is 1. The van der Waals surface area contributed by atoms with Crippen LogP contribution < -0.4 is 10.2 Å². The van der Waals surface area contributed by atoms with Gasteiger partial charge in [-0.15, -0.1) is 0 Å². The zero-order valence-corrected chi connectivity index (χ0v) is 13.6. The summed E-state index contributed by atoms with van der Waals surface area (Å²) in [5, 5.41) is 2.96. The molecule has 2 heterocycles. The van der Waals surface area contributed by atoms with Crippen molar-refractivity contribution in [2.75, 3.05) is 18.0 Å². The molecule has 1 aliphatic rings. The number of benzene rings is 2. The Morgan fingerprint density at radius 3 is 3.00 bits per heavy atom. The van der Waals surface area contributed by atoms with E-state index in [-0.39, 0.29) is 6.03 Å². The molecule has 0 unspecified atom stereocenters. The van der Waals surface area contributed by atoms with Crippen LogP contribution in [0.25, 0.3) is 11.1 Å². The number of nitrogens with one attached hydrogen (secondary N) is 1. The van der Waals surface area contributed by atoms with Crippen LogP contribution in [0.2, 0.25) is 0 Å². The monoisotopic (exact) mass is 321 g/mol. The molecule has 0 spiro atoms. The third-order valence-electron chi connectivity index (χ3n) is 4.41. The van der Waals surface area contributed by atoms with Crippen molar-refractivity contribution in [3.63, 3.8) is 0 Å². The second kappa shape index (κ2) is 6.00. The third-order valence-corrected chi connectivity index (χ3v) is 4.41. The smallest absolute Gasteiger partial charge is 0.321 e. The van der Waals surface area contributed by atoms with Crippen LogP contribution in [-0.2, 0) is 12.8 Å². The third kappa shape index (κ3) is 2.62. The van der Waals surface area contributed by atoms with E-state index in [1.165, 1.54) is 5.56 Å².